The molecule has 160 valence electrons. The molecule has 0 unspecified atom stereocenters. The number of Topliss-reactive ketones (excluding diaryl/α,β-unsaturated/α-hetero) is 1. The van der Waals surface area contributed by atoms with Crippen LogP contribution in [0.3, 0.4) is 0 Å². The summed E-state index contributed by atoms with van der Waals surface area (Å²) in [7, 11) is 0. The molecule has 0 aliphatic heterocycles. The first-order valence-electron chi connectivity index (χ1n) is 10.8. The molecule has 6 nitrogen and oxygen atoms in total. The van der Waals surface area contributed by atoms with Gasteiger partial charge in [-0.25, -0.2) is 0 Å². The van der Waals surface area contributed by atoms with Crippen LogP contribution in [0.5, 0.6) is 0 Å². The molecule has 0 radical (unpaired) electrons. The lowest BCUT2D eigenvalue weighted by Crippen LogP contribution is -2.58. The summed E-state index contributed by atoms with van der Waals surface area (Å²) in [5, 5.41) is 22.5. The Labute approximate surface area is 171 Å². The van der Waals surface area contributed by atoms with Crippen LogP contribution in [0.2, 0.25) is 0 Å². The van der Waals surface area contributed by atoms with Crippen LogP contribution >= 0.6 is 0 Å². The Hall–Kier alpha value is -1.53. The zero-order chi connectivity index (χ0) is 21.2. The minimum absolute atomic E-state index is 0.00458. The summed E-state index contributed by atoms with van der Waals surface area (Å²) in [6, 6.07) is 0. The Morgan fingerprint density at radius 1 is 1.21 bits per heavy atom. The van der Waals surface area contributed by atoms with Gasteiger partial charge in [0.1, 0.15) is 5.60 Å². The standard InChI is InChI=1S/C23H32O6/c1-13(24)29-12-19(27)23(28)11-18(26)20-16-5-4-14-10-15(25)6-8-21(14,2)17(16)7-9-22(20,23)3/h10,16-18,20,26,28H,4-9,11-12H2,1-3H3/t16-,17+,18-,20-,21+,22+,23+/m1/s1. The van der Waals surface area contributed by atoms with Crippen molar-refractivity contribution >= 4 is 17.5 Å². The van der Waals surface area contributed by atoms with Gasteiger partial charge in [-0.2, -0.15) is 0 Å². The molecule has 4 aliphatic rings. The van der Waals surface area contributed by atoms with E-state index in [2.05, 4.69) is 6.92 Å². The SMILES string of the molecule is CC(=O)OCC(=O)[C@@]1(O)C[C@@H](O)[C@H]2[C@@H]3CCC4=CC(=O)CC[C@]4(C)[C@H]3CC[C@@]21C. The molecule has 29 heavy (non-hydrogen) atoms. The number of hydrogen-bond acceptors (Lipinski definition) is 6. The van der Waals surface area contributed by atoms with Gasteiger partial charge in [0.25, 0.3) is 0 Å². The number of esters is 1. The van der Waals surface area contributed by atoms with Crippen LogP contribution in [0.15, 0.2) is 11.6 Å². The summed E-state index contributed by atoms with van der Waals surface area (Å²) >= 11 is 0. The molecule has 0 aromatic carbocycles. The molecule has 7 atom stereocenters. The van der Waals surface area contributed by atoms with Crippen LogP contribution in [0.1, 0.15) is 65.7 Å². The monoisotopic (exact) mass is 404 g/mol. The number of hydrogen-bond donors (Lipinski definition) is 2. The number of allylic oxidation sites excluding steroid dienone is 1. The highest BCUT2D eigenvalue weighted by Crippen LogP contribution is 2.67. The van der Waals surface area contributed by atoms with Crippen molar-refractivity contribution in [3.05, 3.63) is 11.6 Å². The van der Waals surface area contributed by atoms with Crippen LogP contribution in [0, 0.1) is 28.6 Å². The molecule has 4 rings (SSSR count). The van der Waals surface area contributed by atoms with E-state index in [-0.39, 0.29) is 29.5 Å². The number of fused-ring (bicyclic) bond motifs is 5. The molecule has 3 fully saturated rings. The fraction of sp³-hybridized carbons (Fsp3) is 0.783. The Balaban J connectivity index is 1.65. The second-order valence-corrected chi connectivity index (χ2v) is 10.2. The highest BCUT2D eigenvalue weighted by Gasteiger charge is 2.69. The first-order chi connectivity index (χ1) is 13.5. The van der Waals surface area contributed by atoms with Gasteiger partial charge in [-0.1, -0.05) is 19.4 Å². The number of ether oxygens (including phenoxy) is 1. The molecule has 0 aromatic rings. The third-order valence-corrected chi connectivity index (χ3v) is 8.95. The smallest absolute Gasteiger partial charge is 0.303 e. The van der Waals surface area contributed by atoms with Crippen molar-refractivity contribution in [2.75, 3.05) is 6.61 Å². The van der Waals surface area contributed by atoms with E-state index < -0.39 is 35.5 Å². The fourth-order valence-electron chi connectivity index (χ4n) is 7.38. The molecule has 0 bridgehead atoms. The molecule has 0 aromatic heterocycles. The summed E-state index contributed by atoms with van der Waals surface area (Å²) in [4.78, 5) is 36.0. The molecule has 0 heterocycles. The van der Waals surface area contributed by atoms with Gasteiger partial charge >= 0.3 is 5.97 Å². The maximum absolute atomic E-state index is 12.9. The van der Waals surface area contributed by atoms with Crippen molar-refractivity contribution in [3.8, 4) is 0 Å². The van der Waals surface area contributed by atoms with Crippen molar-refractivity contribution in [3.63, 3.8) is 0 Å². The molecule has 0 amide bonds. The Morgan fingerprint density at radius 2 is 1.93 bits per heavy atom. The first kappa shape index (κ1) is 20.7. The largest absolute Gasteiger partial charge is 0.458 e. The number of aliphatic hydroxyl groups excluding tert-OH is 1. The average molecular weight is 405 g/mol. The lowest BCUT2D eigenvalue weighted by molar-refractivity contribution is -0.170. The average Bonchev–Trinajstić information content (AvgIpc) is 2.87. The predicted molar refractivity (Wildman–Crippen MR) is 105 cm³/mol. The van der Waals surface area contributed by atoms with Crippen LogP contribution in [0.4, 0.5) is 0 Å². The van der Waals surface area contributed by atoms with Crippen LogP contribution < -0.4 is 0 Å². The van der Waals surface area contributed by atoms with Crippen LogP contribution in [-0.2, 0) is 19.1 Å². The molecule has 4 aliphatic carbocycles. The lowest BCUT2D eigenvalue weighted by atomic mass is 9.46. The zero-order valence-corrected chi connectivity index (χ0v) is 17.6. The van der Waals surface area contributed by atoms with Gasteiger partial charge in [0.15, 0.2) is 12.4 Å². The Bertz CT molecular complexity index is 786. The molecule has 3 saturated carbocycles. The minimum Gasteiger partial charge on any atom is -0.458 e. The van der Waals surface area contributed by atoms with Gasteiger partial charge in [0.2, 0.25) is 5.78 Å². The second-order valence-electron chi connectivity index (χ2n) is 10.2. The van der Waals surface area contributed by atoms with Crippen molar-refractivity contribution < 1.29 is 29.3 Å². The molecule has 6 heteroatoms. The van der Waals surface area contributed by atoms with Gasteiger partial charge in [-0.15, -0.1) is 0 Å². The van der Waals surface area contributed by atoms with Gasteiger partial charge in [0, 0.05) is 25.2 Å². The van der Waals surface area contributed by atoms with Gasteiger partial charge in [-0.05, 0) is 61.3 Å². The summed E-state index contributed by atoms with van der Waals surface area (Å²) in [5.74, 6) is -0.492. The van der Waals surface area contributed by atoms with Crippen LogP contribution in [0.25, 0.3) is 0 Å². The van der Waals surface area contributed by atoms with E-state index in [1.807, 2.05) is 13.0 Å². The zero-order valence-electron chi connectivity index (χ0n) is 17.6. The van der Waals surface area contributed by atoms with Crippen molar-refractivity contribution in [1.29, 1.82) is 0 Å². The summed E-state index contributed by atoms with van der Waals surface area (Å²) in [5.41, 5.74) is -1.23. The van der Waals surface area contributed by atoms with Gasteiger partial charge < -0.3 is 14.9 Å². The minimum atomic E-state index is -1.68. The number of ketones is 2. The second kappa shape index (κ2) is 6.74. The normalized spacial score (nSPS) is 46.2. The van der Waals surface area contributed by atoms with E-state index in [0.717, 1.165) is 25.7 Å². The molecule has 2 N–H and O–H groups in total. The Morgan fingerprint density at radius 3 is 2.62 bits per heavy atom. The van der Waals surface area contributed by atoms with E-state index in [9.17, 15) is 24.6 Å². The maximum atomic E-state index is 12.9. The fourth-order valence-corrected chi connectivity index (χ4v) is 7.38. The molecular weight excluding hydrogens is 372 g/mol. The lowest BCUT2D eigenvalue weighted by Gasteiger charge is -2.59. The topological polar surface area (TPSA) is 101 Å². The first-order valence-corrected chi connectivity index (χ1v) is 10.8. The number of carbonyl (C=O) groups is 3. The summed E-state index contributed by atoms with van der Waals surface area (Å²) < 4.78 is 4.88. The predicted octanol–water partition coefficient (Wildman–Crippen LogP) is 2.35. The van der Waals surface area contributed by atoms with E-state index in [1.165, 1.54) is 12.5 Å². The molecule has 0 spiro atoms. The third kappa shape index (κ3) is 2.86. The highest BCUT2D eigenvalue weighted by molar-refractivity contribution is 5.92. The van der Waals surface area contributed by atoms with Crippen LogP contribution in [-0.4, -0.2) is 46.1 Å². The highest BCUT2D eigenvalue weighted by atomic mass is 16.5. The quantitative estimate of drug-likeness (QED) is 0.701. The Kier molecular flexibility index (Phi) is 4.82. The van der Waals surface area contributed by atoms with Crippen molar-refractivity contribution in [1.82, 2.24) is 0 Å². The maximum Gasteiger partial charge on any atom is 0.303 e. The van der Waals surface area contributed by atoms with Gasteiger partial charge in [-0.3, -0.25) is 14.4 Å². The summed E-state index contributed by atoms with van der Waals surface area (Å²) in [6.07, 6.45) is 5.68. The van der Waals surface area contributed by atoms with Crippen molar-refractivity contribution in [2.45, 2.75) is 77.4 Å². The molecular formula is C23H32O6. The van der Waals surface area contributed by atoms with E-state index in [4.69, 9.17) is 4.74 Å². The van der Waals surface area contributed by atoms with E-state index in [1.54, 1.807) is 0 Å². The van der Waals surface area contributed by atoms with Crippen molar-refractivity contribution in [2.24, 2.45) is 28.6 Å². The van der Waals surface area contributed by atoms with E-state index in [0.29, 0.717) is 18.8 Å². The third-order valence-electron chi connectivity index (χ3n) is 8.95. The number of aliphatic hydroxyl groups is 2. The summed E-state index contributed by atoms with van der Waals surface area (Å²) in [6.45, 7) is 4.96. The van der Waals surface area contributed by atoms with Gasteiger partial charge in [0.05, 0.1) is 6.10 Å². The van der Waals surface area contributed by atoms with E-state index >= 15 is 0 Å². The molecule has 0 saturated heterocycles. The number of rotatable bonds is 3. The number of carbonyl (C=O) groups excluding carboxylic acids is 3.